The summed E-state index contributed by atoms with van der Waals surface area (Å²) in [4.78, 5) is 11.0. The topological polar surface area (TPSA) is 37.3 Å². The Kier molecular flexibility index (Phi) is 2.49. The first-order valence-electron chi connectivity index (χ1n) is 3.49. The van der Waals surface area contributed by atoms with Gasteiger partial charge in [-0.3, -0.25) is 4.79 Å². The highest BCUT2D eigenvalue weighted by molar-refractivity contribution is 5.25. The zero-order chi connectivity index (χ0) is 8.97. The summed E-state index contributed by atoms with van der Waals surface area (Å²) in [5.74, 6) is 2.17. The van der Waals surface area contributed by atoms with E-state index in [1.54, 1.807) is 12.1 Å². The molecule has 0 aromatic heterocycles. The van der Waals surface area contributed by atoms with Crippen molar-refractivity contribution in [2.45, 2.75) is 6.42 Å². The minimum absolute atomic E-state index is 0.252. The van der Waals surface area contributed by atoms with E-state index in [4.69, 9.17) is 11.5 Å². The van der Waals surface area contributed by atoms with Crippen LogP contribution < -0.4 is 5.43 Å². The number of hydrogen-bond donors (Lipinski definition) is 1. The van der Waals surface area contributed by atoms with Crippen LogP contribution in [0, 0.1) is 12.3 Å². The largest absolute Gasteiger partial charge is 0.504 e. The zero-order valence-corrected chi connectivity index (χ0v) is 6.45. The maximum atomic E-state index is 11.0. The van der Waals surface area contributed by atoms with Gasteiger partial charge in [0, 0.05) is 6.42 Å². The second-order valence-electron chi connectivity index (χ2n) is 2.38. The van der Waals surface area contributed by atoms with Crippen LogP contribution in [0.25, 0.3) is 0 Å². The summed E-state index contributed by atoms with van der Waals surface area (Å²) in [6.07, 6.45) is 5.48. The smallest absolute Gasteiger partial charge is 0.220 e. The summed E-state index contributed by atoms with van der Waals surface area (Å²) in [6, 6.07) is 6.00. The third kappa shape index (κ3) is 1.86. The summed E-state index contributed by atoms with van der Waals surface area (Å²) in [5.41, 5.74) is 0.341. The average molecular weight is 160 g/mol. The van der Waals surface area contributed by atoms with E-state index >= 15 is 0 Å². The third-order valence-electron chi connectivity index (χ3n) is 1.44. The molecule has 0 aliphatic heterocycles. The van der Waals surface area contributed by atoms with Gasteiger partial charge in [-0.15, -0.1) is 12.3 Å². The van der Waals surface area contributed by atoms with Gasteiger partial charge in [0.15, 0.2) is 5.75 Å². The molecule has 1 aromatic carbocycles. The fourth-order valence-electron chi connectivity index (χ4n) is 0.863. The van der Waals surface area contributed by atoms with Gasteiger partial charge in [-0.05, 0) is 17.7 Å². The molecule has 1 N–H and O–H groups in total. The molecule has 12 heavy (non-hydrogen) atoms. The Labute approximate surface area is 70.5 Å². The molecule has 2 heteroatoms. The SMILES string of the molecule is C#CCc1cccc(O)c(=O)c1. The van der Waals surface area contributed by atoms with Gasteiger partial charge in [0.1, 0.15) is 0 Å². The molecular formula is C10H8O2. The predicted octanol–water partition coefficient (Wildman–Crippen LogP) is 0.928. The van der Waals surface area contributed by atoms with Gasteiger partial charge in [-0.25, -0.2) is 0 Å². The molecule has 1 rings (SSSR count). The Morgan fingerprint density at radius 1 is 1.50 bits per heavy atom. The second kappa shape index (κ2) is 3.59. The van der Waals surface area contributed by atoms with E-state index in [1.165, 1.54) is 12.1 Å². The minimum atomic E-state index is -0.398. The standard InChI is InChI=1S/C10H8O2/c1-2-4-8-5-3-6-9(11)10(12)7-8/h1,3,5-7H,4H2,(H,11,12). The molecule has 0 saturated carbocycles. The van der Waals surface area contributed by atoms with Crippen molar-refractivity contribution in [3.8, 4) is 18.1 Å². The molecule has 0 spiro atoms. The van der Waals surface area contributed by atoms with E-state index < -0.39 is 5.43 Å². The van der Waals surface area contributed by atoms with Gasteiger partial charge in [0.05, 0.1) is 0 Å². The van der Waals surface area contributed by atoms with E-state index in [2.05, 4.69) is 5.92 Å². The van der Waals surface area contributed by atoms with E-state index in [0.717, 1.165) is 5.56 Å². The fourth-order valence-corrected chi connectivity index (χ4v) is 0.863. The van der Waals surface area contributed by atoms with Crippen LogP contribution in [0.4, 0.5) is 0 Å². The quantitative estimate of drug-likeness (QED) is 0.620. The van der Waals surface area contributed by atoms with Gasteiger partial charge >= 0.3 is 0 Å². The van der Waals surface area contributed by atoms with Crippen molar-refractivity contribution in [3.05, 3.63) is 40.1 Å². The first-order valence-corrected chi connectivity index (χ1v) is 3.49. The summed E-state index contributed by atoms with van der Waals surface area (Å²) < 4.78 is 0. The Bertz CT molecular complexity index is 374. The molecule has 0 bridgehead atoms. The van der Waals surface area contributed by atoms with Crippen LogP contribution >= 0.6 is 0 Å². The molecule has 0 atom stereocenters. The molecule has 0 amide bonds. The predicted molar refractivity (Wildman–Crippen MR) is 46.9 cm³/mol. The highest BCUT2D eigenvalue weighted by Gasteiger charge is 1.93. The molecule has 0 heterocycles. The highest BCUT2D eigenvalue weighted by Crippen LogP contribution is 2.00. The van der Waals surface area contributed by atoms with Crippen molar-refractivity contribution in [2.75, 3.05) is 0 Å². The average Bonchev–Trinajstić information content (AvgIpc) is 2.16. The van der Waals surface area contributed by atoms with E-state index in [0.29, 0.717) is 6.42 Å². The zero-order valence-electron chi connectivity index (χ0n) is 6.45. The van der Waals surface area contributed by atoms with Crippen molar-refractivity contribution < 1.29 is 5.11 Å². The molecule has 0 radical (unpaired) electrons. The Balaban J connectivity index is 3.24. The monoisotopic (exact) mass is 160 g/mol. The summed E-state index contributed by atoms with van der Waals surface area (Å²) in [7, 11) is 0. The van der Waals surface area contributed by atoms with Crippen LogP contribution in [-0.2, 0) is 6.42 Å². The van der Waals surface area contributed by atoms with Crippen LogP contribution in [0.3, 0.4) is 0 Å². The number of hydrogen-bond acceptors (Lipinski definition) is 2. The number of aromatic hydroxyl groups is 1. The molecule has 1 aromatic rings. The van der Waals surface area contributed by atoms with E-state index in [-0.39, 0.29) is 5.75 Å². The van der Waals surface area contributed by atoms with Crippen molar-refractivity contribution in [3.63, 3.8) is 0 Å². The van der Waals surface area contributed by atoms with Gasteiger partial charge in [-0.1, -0.05) is 12.1 Å². The normalized spacial score (nSPS) is 8.92. The number of terminal acetylenes is 1. The summed E-state index contributed by atoms with van der Waals surface area (Å²) in [5, 5.41) is 9.01. The lowest BCUT2D eigenvalue weighted by Crippen LogP contribution is -1.94. The number of rotatable bonds is 1. The maximum Gasteiger partial charge on any atom is 0.220 e. The molecule has 0 aliphatic rings. The third-order valence-corrected chi connectivity index (χ3v) is 1.44. The van der Waals surface area contributed by atoms with E-state index in [1.807, 2.05) is 0 Å². The molecular weight excluding hydrogens is 152 g/mol. The Hall–Kier alpha value is -1.75. The first-order chi connectivity index (χ1) is 5.74. The molecule has 0 saturated heterocycles. The lowest BCUT2D eigenvalue weighted by molar-refractivity contribution is 0.471. The Morgan fingerprint density at radius 3 is 2.92 bits per heavy atom. The minimum Gasteiger partial charge on any atom is -0.504 e. The van der Waals surface area contributed by atoms with Crippen LogP contribution in [0.15, 0.2) is 29.1 Å². The molecule has 2 nitrogen and oxygen atoms in total. The van der Waals surface area contributed by atoms with Gasteiger partial charge < -0.3 is 5.11 Å². The van der Waals surface area contributed by atoms with Crippen molar-refractivity contribution >= 4 is 0 Å². The summed E-state index contributed by atoms with van der Waals surface area (Å²) in [6.45, 7) is 0. The summed E-state index contributed by atoms with van der Waals surface area (Å²) >= 11 is 0. The lowest BCUT2D eigenvalue weighted by Gasteiger charge is -1.84. The van der Waals surface area contributed by atoms with Crippen LogP contribution in [-0.4, -0.2) is 5.11 Å². The fraction of sp³-hybridized carbons (Fsp3) is 0.100. The van der Waals surface area contributed by atoms with Gasteiger partial charge in [0.25, 0.3) is 0 Å². The first kappa shape index (κ1) is 8.35. The van der Waals surface area contributed by atoms with Crippen LogP contribution in [0.1, 0.15) is 5.56 Å². The van der Waals surface area contributed by atoms with Crippen LogP contribution in [0.2, 0.25) is 0 Å². The molecule has 0 fully saturated rings. The van der Waals surface area contributed by atoms with Gasteiger partial charge in [-0.2, -0.15) is 0 Å². The molecule has 60 valence electrons. The van der Waals surface area contributed by atoms with E-state index in [9.17, 15) is 4.79 Å². The lowest BCUT2D eigenvalue weighted by atomic mass is 10.2. The highest BCUT2D eigenvalue weighted by atomic mass is 16.3. The second-order valence-corrected chi connectivity index (χ2v) is 2.38. The molecule has 0 unspecified atom stereocenters. The van der Waals surface area contributed by atoms with Crippen molar-refractivity contribution in [1.29, 1.82) is 0 Å². The van der Waals surface area contributed by atoms with Crippen LogP contribution in [0.5, 0.6) is 5.75 Å². The van der Waals surface area contributed by atoms with Gasteiger partial charge in [0.2, 0.25) is 5.43 Å². The van der Waals surface area contributed by atoms with Crippen molar-refractivity contribution in [1.82, 2.24) is 0 Å². The van der Waals surface area contributed by atoms with Crippen molar-refractivity contribution in [2.24, 2.45) is 0 Å². The Morgan fingerprint density at radius 2 is 2.25 bits per heavy atom. The maximum absolute atomic E-state index is 11.0. The molecule has 0 aliphatic carbocycles.